The van der Waals surface area contributed by atoms with Gasteiger partial charge in [-0.1, -0.05) is 6.92 Å². The van der Waals surface area contributed by atoms with Crippen molar-refractivity contribution in [2.24, 2.45) is 0 Å². The lowest BCUT2D eigenvalue weighted by Gasteiger charge is -2.28. The number of benzene rings is 1. The van der Waals surface area contributed by atoms with Gasteiger partial charge in [-0.2, -0.15) is 4.98 Å². The van der Waals surface area contributed by atoms with Gasteiger partial charge in [-0.3, -0.25) is 0 Å². The molecule has 5 heteroatoms. The van der Waals surface area contributed by atoms with Crippen LogP contribution in [0.1, 0.15) is 39.5 Å². The molecule has 2 N–H and O–H groups in total. The quantitative estimate of drug-likeness (QED) is 0.823. The van der Waals surface area contributed by atoms with Crippen LogP contribution in [0.25, 0.3) is 0 Å². The van der Waals surface area contributed by atoms with E-state index >= 15 is 0 Å². The van der Waals surface area contributed by atoms with Gasteiger partial charge in [0.2, 0.25) is 5.95 Å². The molecule has 1 aromatic carbocycles. The molecule has 1 fully saturated rings. The van der Waals surface area contributed by atoms with Crippen molar-refractivity contribution in [3.05, 3.63) is 36.5 Å². The van der Waals surface area contributed by atoms with Crippen LogP contribution in [0, 0.1) is 0 Å². The predicted molar refractivity (Wildman–Crippen MR) is 101 cm³/mol. The topological polar surface area (TPSA) is 53.1 Å². The van der Waals surface area contributed by atoms with Crippen LogP contribution in [-0.2, 0) is 0 Å². The van der Waals surface area contributed by atoms with Gasteiger partial charge in [0.25, 0.3) is 0 Å². The Balaban J connectivity index is 1.64. The number of nitrogens with one attached hydrogen (secondary N) is 2. The summed E-state index contributed by atoms with van der Waals surface area (Å²) in [5, 5.41) is 6.66. The summed E-state index contributed by atoms with van der Waals surface area (Å²) < 4.78 is 0. The van der Waals surface area contributed by atoms with Crippen LogP contribution < -0.4 is 15.5 Å². The van der Waals surface area contributed by atoms with E-state index in [0.29, 0.717) is 12.0 Å². The van der Waals surface area contributed by atoms with Crippen LogP contribution in [0.4, 0.5) is 23.1 Å². The molecule has 1 aromatic heterocycles. The van der Waals surface area contributed by atoms with E-state index in [0.717, 1.165) is 17.9 Å². The summed E-state index contributed by atoms with van der Waals surface area (Å²) in [6.07, 6.45) is 6.78. The Morgan fingerprint density at radius 2 is 1.83 bits per heavy atom. The van der Waals surface area contributed by atoms with E-state index in [9.17, 15) is 0 Å². The molecule has 0 saturated carbocycles. The van der Waals surface area contributed by atoms with Gasteiger partial charge in [0.1, 0.15) is 5.82 Å². The lowest BCUT2D eigenvalue weighted by atomic mass is 10.1. The second kappa shape index (κ2) is 7.99. The largest absolute Gasteiger partial charge is 0.372 e. The first kappa shape index (κ1) is 16.6. The van der Waals surface area contributed by atoms with Gasteiger partial charge < -0.3 is 15.5 Å². The fourth-order valence-corrected chi connectivity index (χ4v) is 2.88. The first-order valence-electron chi connectivity index (χ1n) is 8.96. The van der Waals surface area contributed by atoms with Gasteiger partial charge in [0, 0.05) is 36.7 Å². The highest BCUT2D eigenvalue weighted by molar-refractivity contribution is 5.61. The average Bonchev–Trinajstić information content (AvgIpc) is 2.63. The molecule has 0 spiro atoms. The molecule has 2 heterocycles. The number of rotatable bonds is 6. The number of nitrogens with zero attached hydrogens (tertiary/aromatic N) is 3. The van der Waals surface area contributed by atoms with E-state index in [1.165, 1.54) is 38.0 Å². The molecule has 0 radical (unpaired) electrons. The first-order chi connectivity index (χ1) is 11.7. The lowest BCUT2D eigenvalue weighted by Crippen LogP contribution is -2.29. The monoisotopic (exact) mass is 325 g/mol. The number of piperidine rings is 1. The van der Waals surface area contributed by atoms with E-state index < -0.39 is 0 Å². The Morgan fingerprint density at radius 3 is 2.54 bits per heavy atom. The van der Waals surface area contributed by atoms with Gasteiger partial charge in [-0.25, -0.2) is 4.98 Å². The average molecular weight is 325 g/mol. The molecular weight excluding hydrogens is 298 g/mol. The molecule has 1 saturated heterocycles. The molecule has 1 unspecified atom stereocenters. The van der Waals surface area contributed by atoms with Crippen LogP contribution in [0.15, 0.2) is 36.5 Å². The minimum Gasteiger partial charge on any atom is -0.372 e. The Hall–Kier alpha value is -2.30. The highest BCUT2D eigenvalue weighted by Crippen LogP contribution is 2.23. The maximum absolute atomic E-state index is 4.52. The third-order valence-electron chi connectivity index (χ3n) is 4.50. The van der Waals surface area contributed by atoms with Crippen molar-refractivity contribution in [2.75, 3.05) is 28.6 Å². The molecule has 3 rings (SSSR count). The van der Waals surface area contributed by atoms with Crippen LogP contribution in [0.5, 0.6) is 0 Å². The van der Waals surface area contributed by atoms with Crippen LogP contribution in [-0.4, -0.2) is 29.1 Å². The summed E-state index contributed by atoms with van der Waals surface area (Å²) in [5.41, 5.74) is 2.35. The zero-order valence-corrected chi connectivity index (χ0v) is 14.6. The molecular formula is C19H27N5. The Kier molecular flexibility index (Phi) is 5.51. The van der Waals surface area contributed by atoms with Gasteiger partial charge in [-0.15, -0.1) is 0 Å². The molecule has 1 aliphatic rings. The van der Waals surface area contributed by atoms with E-state index in [-0.39, 0.29) is 0 Å². The van der Waals surface area contributed by atoms with Crippen LogP contribution >= 0.6 is 0 Å². The molecule has 0 aliphatic carbocycles. The minimum atomic E-state index is 0.365. The second-order valence-electron chi connectivity index (χ2n) is 6.44. The van der Waals surface area contributed by atoms with Gasteiger partial charge in [0.15, 0.2) is 0 Å². The van der Waals surface area contributed by atoms with Crippen molar-refractivity contribution in [1.82, 2.24) is 9.97 Å². The van der Waals surface area contributed by atoms with Gasteiger partial charge in [0.05, 0.1) is 0 Å². The zero-order valence-electron chi connectivity index (χ0n) is 14.6. The van der Waals surface area contributed by atoms with E-state index in [1.54, 1.807) is 6.20 Å². The third-order valence-corrected chi connectivity index (χ3v) is 4.50. The Labute approximate surface area is 144 Å². The summed E-state index contributed by atoms with van der Waals surface area (Å²) in [7, 11) is 0. The standard InChI is InChI=1S/C19H27N5/c1-3-15(2)21-19-20-12-11-18(23-19)22-16-7-9-17(10-8-16)24-13-5-4-6-14-24/h7-12,15H,3-6,13-14H2,1-2H3,(H2,20,21,22,23). The smallest absolute Gasteiger partial charge is 0.224 e. The van der Waals surface area contributed by atoms with Crippen molar-refractivity contribution in [3.63, 3.8) is 0 Å². The molecule has 5 nitrogen and oxygen atoms in total. The minimum absolute atomic E-state index is 0.365. The number of anilines is 4. The fourth-order valence-electron chi connectivity index (χ4n) is 2.88. The molecule has 1 atom stereocenters. The molecule has 128 valence electrons. The summed E-state index contributed by atoms with van der Waals surface area (Å²) in [6, 6.07) is 10.9. The van der Waals surface area contributed by atoms with Crippen molar-refractivity contribution in [2.45, 2.75) is 45.6 Å². The van der Waals surface area contributed by atoms with Gasteiger partial charge >= 0.3 is 0 Å². The van der Waals surface area contributed by atoms with E-state index in [4.69, 9.17) is 0 Å². The van der Waals surface area contributed by atoms with E-state index in [2.05, 4.69) is 63.6 Å². The highest BCUT2D eigenvalue weighted by atomic mass is 15.2. The summed E-state index contributed by atoms with van der Waals surface area (Å²) in [5.74, 6) is 1.47. The highest BCUT2D eigenvalue weighted by Gasteiger charge is 2.10. The van der Waals surface area contributed by atoms with Crippen molar-refractivity contribution < 1.29 is 0 Å². The summed E-state index contributed by atoms with van der Waals surface area (Å²) in [4.78, 5) is 11.3. The number of hydrogen-bond acceptors (Lipinski definition) is 5. The second-order valence-corrected chi connectivity index (χ2v) is 6.44. The van der Waals surface area contributed by atoms with E-state index in [1.807, 2.05) is 6.07 Å². The number of aromatic nitrogens is 2. The maximum Gasteiger partial charge on any atom is 0.224 e. The molecule has 0 bridgehead atoms. The predicted octanol–water partition coefficient (Wildman–Crippen LogP) is 4.42. The van der Waals surface area contributed by atoms with Gasteiger partial charge in [-0.05, 0) is 62.9 Å². The zero-order chi connectivity index (χ0) is 16.8. The Bertz CT molecular complexity index is 634. The van der Waals surface area contributed by atoms with Crippen molar-refractivity contribution >= 4 is 23.1 Å². The third kappa shape index (κ3) is 4.37. The summed E-state index contributed by atoms with van der Waals surface area (Å²) >= 11 is 0. The normalized spacial score (nSPS) is 15.8. The molecule has 24 heavy (non-hydrogen) atoms. The van der Waals surface area contributed by atoms with Crippen LogP contribution in [0.3, 0.4) is 0 Å². The lowest BCUT2D eigenvalue weighted by molar-refractivity contribution is 0.578. The van der Waals surface area contributed by atoms with Crippen molar-refractivity contribution in [3.8, 4) is 0 Å². The molecule has 2 aromatic rings. The SMILES string of the molecule is CCC(C)Nc1nccc(Nc2ccc(N3CCCCC3)cc2)n1. The fraction of sp³-hybridized carbons (Fsp3) is 0.474. The van der Waals surface area contributed by atoms with Crippen LogP contribution in [0.2, 0.25) is 0 Å². The molecule has 1 aliphatic heterocycles. The summed E-state index contributed by atoms with van der Waals surface area (Å²) in [6.45, 7) is 6.61. The maximum atomic E-state index is 4.52. The van der Waals surface area contributed by atoms with Crippen molar-refractivity contribution in [1.29, 1.82) is 0 Å². The Morgan fingerprint density at radius 1 is 1.08 bits per heavy atom. The first-order valence-corrected chi connectivity index (χ1v) is 8.96. The number of hydrogen-bond donors (Lipinski definition) is 2. The molecule has 0 amide bonds.